The van der Waals surface area contributed by atoms with Crippen LogP contribution in [0.4, 0.5) is 4.79 Å². The van der Waals surface area contributed by atoms with Gasteiger partial charge in [0, 0.05) is 11.8 Å². The van der Waals surface area contributed by atoms with Crippen molar-refractivity contribution >= 4 is 17.8 Å². The van der Waals surface area contributed by atoms with Gasteiger partial charge in [-0.05, 0) is 13.8 Å². The monoisotopic (exact) mass is 199 g/mol. The van der Waals surface area contributed by atoms with Gasteiger partial charge in [0.05, 0.1) is 0 Å². The van der Waals surface area contributed by atoms with E-state index in [9.17, 15) is 10.0 Å². The summed E-state index contributed by atoms with van der Waals surface area (Å²) in [6, 6.07) is -0.591. The summed E-state index contributed by atoms with van der Waals surface area (Å²) in [6.45, 7) is 3.72. The van der Waals surface area contributed by atoms with Crippen LogP contribution >= 0.6 is 11.8 Å². The molecule has 1 heterocycles. The van der Waals surface area contributed by atoms with E-state index in [0.717, 1.165) is 4.42 Å². The zero-order chi connectivity index (χ0) is 7.94. The van der Waals surface area contributed by atoms with E-state index in [1.165, 1.54) is 0 Å². The number of urea groups is 1. The third-order valence-corrected chi connectivity index (χ3v) is 2.15. The third-order valence-electron chi connectivity index (χ3n) is 1.54. The second-order valence-electron chi connectivity index (χ2n) is 3.00. The van der Waals surface area contributed by atoms with Gasteiger partial charge in [-0.2, -0.15) is 4.42 Å². The Kier molecular flexibility index (Phi) is 3.14. The summed E-state index contributed by atoms with van der Waals surface area (Å²) in [5.41, 5.74) is -0.504. The molecule has 0 aromatic heterocycles. The van der Waals surface area contributed by atoms with Gasteiger partial charge >= 0.3 is 6.03 Å². The molecular formula is C5H9Cl2N2O2-. The maximum atomic E-state index is 10.8. The molecule has 1 fully saturated rings. The van der Waals surface area contributed by atoms with Gasteiger partial charge in [0.15, 0.2) is 0 Å². The smallest absolute Gasteiger partial charge is 0.432 e. The topological polar surface area (TPSA) is 47.8 Å². The number of hydrogen-bond donors (Lipinski definition) is 1. The Morgan fingerprint density at radius 2 is 2.18 bits per heavy atom. The minimum atomic E-state index is -0.591. The number of quaternary nitrogens is 1. The number of amides is 2. The van der Waals surface area contributed by atoms with Gasteiger partial charge in [0.25, 0.3) is 0 Å². The zero-order valence-electron chi connectivity index (χ0n) is 6.23. The number of nitrogens with zero attached hydrogens (tertiary/aromatic N) is 1. The Morgan fingerprint density at radius 1 is 1.73 bits per heavy atom. The lowest BCUT2D eigenvalue weighted by atomic mass is 10.1. The molecule has 1 atom stereocenters. The first-order valence-electron chi connectivity index (χ1n) is 2.98. The SMILES string of the molecule is CC1(C)C[NH+]([O-])C(=O)N1Cl.[Cl-]. The first-order valence-corrected chi connectivity index (χ1v) is 3.32. The van der Waals surface area contributed by atoms with Crippen molar-refractivity contribution in [2.75, 3.05) is 6.54 Å². The Bertz CT molecular complexity index is 174. The third kappa shape index (κ3) is 1.76. The lowest BCUT2D eigenvalue weighted by Gasteiger charge is -2.18. The molecule has 0 radical (unpaired) electrons. The van der Waals surface area contributed by atoms with Gasteiger partial charge < -0.3 is 17.6 Å². The van der Waals surface area contributed by atoms with E-state index in [1.807, 2.05) is 0 Å². The van der Waals surface area contributed by atoms with Crippen LogP contribution in [0.1, 0.15) is 13.8 Å². The quantitative estimate of drug-likeness (QED) is 0.329. The highest BCUT2D eigenvalue weighted by atomic mass is 35.5. The molecule has 1 unspecified atom stereocenters. The molecule has 1 N–H and O–H groups in total. The van der Waals surface area contributed by atoms with Crippen molar-refractivity contribution < 1.29 is 22.3 Å². The molecule has 0 aromatic carbocycles. The summed E-state index contributed by atoms with van der Waals surface area (Å²) in [6.07, 6.45) is 0. The predicted molar refractivity (Wildman–Crippen MR) is 36.4 cm³/mol. The van der Waals surface area contributed by atoms with Gasteiger partial charge in [-0.3, -0.25) is 5.06 Å². The number of rotatable bonds is 0. The van der Waals surface area contributed by atoms with Crippen molar-refractivity contribution in [1.29, 1.82) is 0 Å². The lowest BCUT2D eigenvalue weighted by molar-refractivity contribution is -0.750. The van der Waals surface area contributed by atoms with E-state index in [-0.39, 0.29) is 19.0 Å². The molecule has 1 rings (SSSR count). The number of hydrogen-bond acceptors (Lipinski definition) is 2. The standard InChI is InChI=1S/C5H9ClN2O2.ClH/c1-5(2)3-7(10)4(9)8(5)6;/h7H,3H2,1-2H3;1H/p-1. The molecule has 0 saturated carbocycles. The fourth-order valence-corrected chi connectivity index (χ4v) is 1.08. The molecule has 4 nitrogen and oxygen atoms in total. The highest BCUT2D eigenvalue weighted by molar-refractivity contribution is 6.20. The highest BCUT2D eigenvalue weighted by Gasteiger charge is 2.44. The van der Waals surface area contributed by atoms with Crippen molar-refractivity contribution in [2.45, 2.75) is 19.4 Å². The summed E-state index contributed by atoms with van der Waals surface area (Å²) >= 11 is 5.51. The Hall–Kier alpha value is -0.0300. The van der Waals surface area contributed by atoms with Gasteiger partial charge in [-0.1, -0.05) is 0 Å². The molecule has 6 heteroatoms. The normalized spacial score (nSPS) is 28.5. The molecular weight excluding hydrogens is 191 g/mol. The Balaban J connectivity index is 0.000001000. The van der Waals surface area contributed by atoms with E-state index >= 15 is 0 Å². The van der Waals surface area contributed by atoms with E-state index in [0.29, 0.717) is 0 Å². The maximum Gasteiger partial charge on any atom is 0.432 e. The van der Waals surface area contributed by atoms with Crippen LogP contribution in [-0.4, -0.2) is 22.5 Å². The van der Waals surface area contributed by atoms with Gasteiger partial charge in [-0.25, -0.2) is 4.79 Å². The Morgan fingerprint density at radius 3 is 2.27 bits per heavy atom. The maximum absolute atomic E-state index is 10.8. The Labute approximate surface area is 76.2 Å². The second kappa shape index (κ2) is 3.15. The number of nitrogens with one attached hydrogen (secondary N) is 1. The summed E-state index contributed by atoms with van der Waals surface area (Å²) in [7, 11) is 0. The molecule has 1 aliphatic heterocycles. The van der Waals surface area contributed by atoms with Gasteiger partial charge in [0.1, 0.15) is 12.1 Å². The van der Waals surface area contributed by atoms with Crippen LogP contribution in [0.3, 0.4) is 0 Å². The fourth-order valence-electron chi connectivity index (χ4n) is 0.922. The second-order valence-corrected chi connectivity index (χ2v) is 3.34. The average molecular weight is 200 g/mol. The van der Waals surface area contributed by atoms with Crippen molar-refractivity contribution in [3.8, 4) is 0 Å². The van der Waals surface area contributed by atoms with Crippen LogP contribution in [0.2, 0.25) is 0 Å². The van der Waals surface area contributed by atoms with E-state index in [1.54, 1.807) is 13.8 Å². The molecule has 0 bridgehead atoms. The number of carbonyl (C=O) groups excluding carboxylic acids is 1. The van der Waals surface area contributed by atoms with Gasteiger partial charge in [0.2, 0.25) is 0 Å². The van der Waals surface area contributed by atoms with Crippen molar-refractivity contribution in [1.82, 2.24) is 4.42 Å². The van der Waals surface area contributed by atoms with Crippen LogP contribution in [0.15, 0.2) is 0 Å². The number of halogens is 2. The van der Waals surface area contributed by atoms with Crippen LogP contribution in [0, 0.1) is 5.21 Å². The van der Waals surface area contributed by atoms with E-state index in [4.69, 9.17) is 11.8 Å². The van der Waals surface area contributed by atoms with Crippen molar-refractivity contribution in [2.24, 2.45) is 0 Å². The molecule has 0 aliphatic carbocycles. The largest absolute Gasteiger partial charge is 1.00 e. The minimum absolute atomic E-state index is 0. The van der Waals surface area contributed by atoms with Crippen molar-refractivity contribution in [3.05, 3.63) is 5.21 Å². The first kappa shape index (κ1) is 11.0. The lowest BCUT2D eigenvalue weighted by Crippen LogP contribution is -3.08. The van der Waals surface area contributed by atoms with Crippen molar-refractivity contribution in [3.63, 3.8) is 0 Å². The predicted octanol–water partition coefficient (Wildman–Crippen LogP) is -3.26. The fraction of sp³-hybridized carbons (Fsp3) is 0.800. The van der Waals surface area contributed by atoms with Crippen LogP contribution < -0.4 is 17.5 Å². The summed E-state index contributed by atoms with van der Waals surface area (Å²) in [4.78, 5) is 10.8. The molecule has 0 aromatic rings. The summed E-state index contributed by atoms with van der Waals surface area (Å²) in [5.74, 6) is 0. The number of carbonyl (C=O) groups is 1. The molecule has 1 aliphatic rings. The molecule has 0 spiro atoms. The molecule has 2 amide bonds. The molecule has 66 valence electrons. The molecule has 1 saturated heterocycles. The van der Waals surface area contributed by atoms with Gasteiger partial charge in [-0.15, -0.1) is 0 Å². The summed E-state index contributed by atoms with van der Waals surface area (Å²) in [5, 5.41) is 10.3. The molecule has 11 heavy (non-hydrogen) atoms. The van der Waals surface area contributed by atoms with Crippen LogP contribution in [0.5, 0.6) is 0 Å². The number of hydroxylamine groups is 2. The minimum Gasteiger partial charge on any atom is -1.00 e. The zero-order valence-corrected chi connectivity index (χ0v) is 7.74. The highest BCUT2D eigenvalue weighted by Crippen LogP contribution is 2.17. The summed E-state index contributed by atoms with van der Waals surface area (Å²) < 4.78 is 0.968. The average Bonchev–Trinajstić information content (AvgIpc) is 1.95. The van der Waals surface area contributed by atoms with Crippen LogP contribution in [0.25, 0.3) is 0 Å². The van der Waals surface area contributed by atoms with Crippen LogP contribution in [-0.2, 0) is 0 Å². The van der Waals surface area contributed by atoms with E-state index < -0.39 is 16.6 Å². The first-order chi connectivity index (χ1) is 4.45. The van der Waals surface area contributed by atoms with E-state index in [2.05, 4.69) is 0 Å².